The molecule has 1 heterocycles. The number of nitrogens with zero attached hydrogens (tertiary/aromatic N) is 4. The lowest BCUT2D eigenvalue weighted by atomic mass is 9.82. The summed E-state index contributed by atoms with van der Waals surface area (Å²) in [7, 11) is 5.59. The first-order valence-electron chi connectivity index (χ1n) is 7.17. The van der Waals surface area contributed by atoms with Crippen LogP contribution in [0.2, 0.25) is 0 Å². The summed E-state index contributed by atoms with van der Waals surface area (Å²) in [4.78, 5) is 1.50. The smallest absolute Gasteiger partial charge is 0.176 e. The van der Waals surface area contributed by atoms with Gasteiger partial charge in [-0.05, 0) is 31.0 Å². The van der Waals surface area contributed by atoms with Gasteiger partial charge in [0, 0.05) is 19.6 Å². The molecule has 1 N–H and O–H groups in total. The topological polar surface area (TPSA) is 64.9 Å². The van der Waals surface area contributed by atoms with E-state index in [9.17, 15) is 0 Å². The number of rotatable bonds is 6. The van der Waals surface area contributed by atoms with Crippen LogP contribution >= 0.6 is 0 Å². The molecule has 0 radical (unpaired) electrons. The van der Waals surface area contributed by atoms with Crippen molar-refractivity contribution in [3.8, 4) is 0 Å². The molecule has 2 rings (SSSR count). The Bertz CT molecular complexity index is 375. The van der Waals surface area contributed by atoms with E-state index < -0.39 is 0 Å². The predicted molar refractivity (Wildman–Crippen MR) is 72.7 cm³/mol. The standard InChI is InChI=1S/C13H25N5O/c1-14-11(9-12-15-17-18(2)16-12)13(19-3)10-7-5-4-6-8-10/h10-11,13-14H,4-9H2,1-3H3. The third kappa shape index (κ3) is 3.73. The Morgan fingerprint density at radius 1 is 1.37 bits per heavy atom. The normalized spacial score (nSPS) is 20.4. The number of tetrazole rings is 1. The van der Waals surface area contributed by atoms with Gasteiger partial charge < -0.3 is 10.1 Å². The molecule has 1 aliphatic rings. The average Bonchev–Trinajstić information content (AvgIpc) is 2.85. The first-order chi connectivity index (χ1) is 9.24. The summed E-state index contributed by atoms with van der Waals surface area (Å²) in [6.45, 7) is 0. The molecule has 0 spiro atoms. The second-order valence-electron chi connectivity index (χ2n) is 5.39. The zero-order valence-corrected chi connectivity index (χ0v) is 12.2. The van der Waals surface area contributed by atoms with Crippen molar-refractivity contribution in [1.29, 1.82) is 0 Å². The van der Waals surface area contributed by atoms with Crippen LogP contribution in [0.25, 0.3) is 0 Å². The van der Waals surface area contributed by atoms with Crippen LogP contribution in [-0.4, -0.2) is 46.5 Å². The van der Waals surface area contributed by atoms with E-state index in [1.165, 1.54) is 36.9 Å². The zero-order chi connectivity index (χ0) is 13.7. The van der Waals surface area contributed by atoms with E-state index in [0.717, 1.165) is 12.2 Å². The molecule has 108 valence electrons. The second kappa shape index (κ2) is 6.96. The molecule has 2 atom stereocenters. The average molecular weight is 267 g/mol. The Hall–Kier alpha value is -1.01. The van der Waals surface area contributed by atoms with E-state index in [2.05, 4.69) is 20.7 Å². The molecule has 0 aliphatic heterocycles. The van der Waals surface area contributed by atoms with E-state index in [1.807, 2.05) is 14.2 Å². The Kier molecular flexibility index (Phi) is 5.27. The van der Waals surface area contributed by atoms with E-state index in [1.54, 1.807) is 7.05 Å². The van der Waals surface area contributed by atoms with Crippen molar-refractivity contribution in [3.05, 3.63) is 5.82 Å². The maximum Gasteiger partial charge on any atom is 0.176 e. The predicted octanol–water partition coefficient (Wildman–Crippen LogP) is 0.936. The highest BCUT2D eigenvalue weighted by Crippen LogP contribution is 2.29. The molecule has 0 saturated heterocycles. The lowest BCUT2D eigenvalue weighted by Crippen LogP contribution is -2.45. The van der Waals surface area contributed by atoms with E-state index >= 15 is 0 Å². The summed E-state index contributed by atoms with van der Waals surface area (Å²) < 4.78 is 5.78. The third-order valence-corrected chi connectivity index (χ3v) is 4.11. The second-order valence-corrected chi connectivity index (χ2v) is 5.39. The number of hydrogen-bond donors (Lipinski definition) is 1. The Morgan fingerprint density at radius 3 is 2.63 bits per heavy atom. The van der Waals surface area contributed by atoms with Crippen LogP contribution in [0.3, 0.4) is 0 Å². The summed E-state index contributed by atoms with van der Waals surface area (Å²) in [5.41, 5.74) is 0. The van der Waals surface area contributed by atoms with Crippen molar-refractivity contribution in [2.24, 2.45) is 13.0 Å². The van der Waals surface area contributed by atoms with Crippen molar-refractivity contribution in [3.63, 3.8) is 0 Å². The molecule has 1 aromatic heterocycles. The number of aromatic nitrogens is 4. The van der Waals surface area contributed by atoms with Gasteiger partial charge in [-0.2, -0.15) is 4.80 Å². The highest BCUT2D eigenvalue weighted by Gasteiger charge is 2.30. The van der Waals surface area contributed by atoms with Gasteiger partial charge in [0.2, 0.25) is 0 Å². The lowest BCUT2D eigenvalue weighted by molar-refractivity contribution is 0.00968. The molecule has 1 aliphatic carbocycles. The Balaban J connectivity index is 2.00. The molecule has 6 heteroatoms. The van der Waals surface area contributed by atoms with Crippen LogP contribution in [0, 0.1) is 5.92 Å². The van der Waals surface area contributed by atoms with Crippen molar-refractivity contribution < 1.29 is 4.74 Å². The quantitative estimate of drug-likeness (QED) is 0.831. The van der Waals surface area contributed by atoms with Gasteiger partial charge in [-0.3, -0.25) is 0 Å². The van der Waals surface area contributed by atoms with Crippen LogP contribution < -0.4 is 5.32 Å². The van der Waals surface area contributed by atoms with Crippen molar-refractivity contribution in [2.75, 3.05) is 14.2 Å². The lowest BCUT2D eigenvalue weighted by Gasteiger charge is -2.34. The maximum absolute atomic E-state index is 5.78. The highest BCUT2D eigenvalue weighted by molar-refractivity contribution is 4.91. The fourth-order valence-electron chi connectivity index (χ4n) is 3.13. The van der Waals surface area contributed by atoms with Crippen LogP contribution in [0.15, 0.2) is 0 Å². The van der Waals surface area contributed by atoms with Gasteiger partial charge in [-0.25, -0.2) is 0 Å². The van der Waals surface area contributed by atoms with E-state index in [0.29, 0.717) is 5.92 Å². The van der Waals surface area contributed by atoms with Crippen LogP contribution in [0.1, 0.15) is 37.9 Å². The van der Waals surface area contributed by atoms with Crippen molar-refractivity contribution in [2.45, 2.75) is 50.7 Å². The first-order valence-corrected chi connectivity index (χ1v) is 7.17. The number of nitrogens with one attached hydrogen (secondary N) is 1. The number of hydrogen-bond acceptors (Lipinski definition) is 5. The van der Waals surface area contributed by atoms with Gasteiger partial charge in [0.05, 0.1) is 13.2 Å². The minimum Gasteiger partial charge on any atom is -0.380 e. The molecule has 0 amide bonds. The van der Waals surface area contributed by atoms with Crippen molar-refractivity contribution in [1.82, 2.24) is 25.5 Å². The van der Waals surface area contributed by atoms with Gasteiger partial charge in [0.25, 0.3) is 0 Å². The molecule has 1 saturated carbocycles. The first kappa shape index (κ1) is 14.4. The number of likely N-dealkylation sites (N-methyl/N-ethyl adjacent to an activating group) is 1. The van der Waals surface area contributed by atoms with Gasteiger partial charge in [-0.15, -0.1) is 10.2 Å². The molecule has 2 unspecified atom stereocenters. The summed E-state index contributed by atoms with van der Waals surface area (Å²) in [5.74, 6) is 1.42. The molecular formula is C13H25N5O. The molecule has 1 aromatic rings. The fraction of sp³-hybridized carbons (Fsp3) is 0.923. The number of aryl methyl sites for hydroxylation is 1. The Labute approximate surface area is 114 Å². The van der Waals surface area contributed by atoms with Crippen LogP contribution in [0.5, 0.6) is 0 Å². The summed E-state index contributed by atoms with van der Waals surface area (Å²) in [6.07, 6.45) is 7.54. The monoisotopic (exact) mass is 267 g/mol. The van der Waals surface area contributed by atoms with Gasteiger partial charge in [-0.1, -0.05) is 19.3 Å². The highest BCUT2D eigenvalue weighted by atomic mass is 16.5. The number of ether oxygens (including phenoxy) is 1. The van der Waals surface area contributed by atoms with Crippen molar-refractivity contribution >= 4 is 0 Å². The summed E-state index contributed by atoms with van der Waals surface area (Å²) in [6, 6.07) is 0.248. The fourth-order valence-corrected chi connectivity index (χ4v) is 3.13. The molecule has 19 heavy (non-hydrogen) atoms. The summed E-state index contributed by atoms with van der Waals surface area (Å²) in [5, 5.41) is 15.6. The maximum atomic E-state index is 5.78. The molecule has 0 aromatic carbocycles. The van der Waals surface area contributed by atoms with Crippen LogP contribution in [-0.2, 0) is 18.2 Å². The van der Waals surface area contributed by atoms with Gasteiger partial charge >= 0.3 is 0 Å². The minimum atomic E-state index is 0.231. The largest absolute Gasteiger partial charge is 0.380 e. The van der Waals surface area contributed by atoms with Gasteiger partial charge in [0.1, 0.15) is 0 Å². The third-order valence-electron chi connectivity index (χ3n) is 4.11. The van der Waals surface area contributed by atoms with Gasteiger partial charge in [0.15, 0.2) is 5.82 Å². The zero-order valence-electron chi connectivity index (χ0n) is 12.2. The van der Waals surface area contributed by atoms with E-state index in [4.69, 9.17) is 4.74 Å². The SMILES string of the molecule is CNC(Cc1nnn(C)n1)C(OC)C1CCCCC1. The molecule has 6 nitrogen and oxygen atoms in total. The number of methoxy groups -OCH3 is 1. The molecule has 0 bridgehead atoms. The molecular weight excluding hydrogens is 242 g/mol. The Morgan fingerprint density at radius 2 is 2.11 bits per heavy atom. The van der Waals surface area contributed by atoms with Crippen LogP contribution in [0.4, 0.5) is 0 Å². The van der Waals surface area contributed by atoms with E-state index in [-0.39, 0.29) is 12.1 Å². The summed E-state index contributed by atoms with van der Waals surface area (Å²) >= 11 is 0. The minimum absolute atomic E-state index is 0.231. The molecule has 1 fully saturated rings.